The van der Waals surface area contributed by atoms with Crippen molar-refractivity contribution >= 4 is 23.5 Å². The Kier molecular flexibility index (Phi) is 7.05. The van der Waals surface area contributed by atoms with Gasteiger partial charge in [-0.1, -0.05) is 20.8 Å². The molecule has 3 N–H and O–H groups in total. The second kappa shape index (κ2) is 8.29. The van der Waals surface area contributed by atoms with Crippen molar-refractivity contribution in [3.63, 3.8) is 0 Å². The fourth-order valence-corrected chi connectivity index (χ4v) is 2.80. The molecule has 0 aliphatic carbocycles. The lowest BCUT2D eigenvalue weighted by Gasteiger charge is -2.18. The van der Waals surface area contributed by atoms with E-state index in [0.29, 0.717) is 6.42 Å². The van der Waals surface area contributed by atoms with Crippen LogP contribution in [0, 0.1) is 0 Å². The monoisotopic (exact) mass is 310 g/mol. The summed E-state index contributed by atoms with van der Waals surface area (Å²) < 4.78 is 0.175. The zero-order valence-electron chi connectivity index (χ0n) is 13.3. The van der Waals surface area contributed by atoms with Gasteiger partial charge in [-0.3, -0.25) is 0 Å². The van der Waals surface area contributed by atoms with Crippen molar-refractivity contribution in [2.45, 2.75) is 56.2 Å². The van der Waals surface area contributed by atoms with E-state index in [-0.39, 0.29) is 23.4 Å². The fraction of sp³-hybridized carbons (Fsp3) is 0.562. The molecule has 21 heavy (non-hydrogen) atoms. The number of carbonyl (C=O) groups is 1. The Morgan fingerprint density at radius 1 is 1.29 bits per heavy atom. The number of urea groups is 1. The Balaban J connectivity index is 2.46. The molecule has 0 bridgehead atoms. The molecule has 0 spiro atoms. The molecular weight excluding hydrogens is 284 g/mol. The summed E-state index contributed by atoms with van der Waals surface area (Å²) in [6, 6.07) is 7.68. The van der Waals surface area contributed by atoms with Crippen LogP contribution < -0.4 is 10.6 Å². The summed E-state index contributed by atoms with van der Waals surface area (Å²) in [6.07, 6.45) is 1.46. The fourth-order valence-electron chi connectivity index (χ4n) is 1.82. The maximum absolute atomic E-state index is 11.8. The average molecular weight is 310 g/mol. The molecule has 1 aromatic carbocycles. The van der Waals surface area contributed by atoms with Crippen molar-refractivity contribution in [1.82, 2.24) is 5.32 Å². The van der Waals surface area contributed by atoms with Crippen LogP contribution in [0.15, 0.2) is 29.2 Å². The number of hydrogen-bond acceptors (Lipinski definition) is 3. The molecule has 2 amide bonds. The van der Waals surface area contributed by atoms with Gasteiger partial charge >= 0.3 is 6.03 Å². The number of rotatable bonds is 6. The van der Waals surface area contributed by atoms with E-state index in [9.17, 15) is 4.79 Å². The van der Waals surface area contributed by atoms with E-state index in [0.717, 1.165) is 12.1 Å². The Morgan fingerprint density at radius 3 is 2.43 bits per heavy atom. The van der Waals surface area contributed by atoms with Crippen LogP contribution in [0.5, 0.6) is 0 Å². The van der Waals surface area contributed by atoms with Crippen LogP contribution in [-0.4, -0.2) is 28.5 Å². The molecular formula is C16H26N2O2S. The van der Waals surface area contributed by atoms with Gasteiger partial charge in [0.2, 0.25) is 0 Å². The van der Waals surface area contributed by atoms with Crippen LogP contribution in [0.4, 0.5) is 10.5 Å². The quantitative estimate of drug-likeness (QED) is 0.699. The van der Waals surface area contributed by atoms with Crippen LogP contribution in [0.1, 0.15) is 40.5 Å². The summed E-state index contributed by atoms with van der Waals surface area (Å²) >= 11 is 1.80. The Bertz CT molecular complexity index is 441. The molecule has 0 aliphatic heterocycles. The molecule has 1 atom stereocenters. The molecule has 0 aromatic heterocycles. The first kappa shape index (κ1) is 17.9. The van der Waals surface area contributed by atoms with Gasteiger partial charge in [0, 0.05) is 28.0 Å². The number of hydrogen-bond donors (Lipinski definition) is 3. The van der Waals surface area contributed by atoms with E-state index in [1.54, 1.807) is 11.8 Å². The number of anilines is 1. The van der Waals surface area contributed by atoms with E-state index in [4.69, 9.17) is 5.11 Å². The smallest absolute Gasteiger partial charge is 0.319 e. The zero-order valence-corrected chi connectivity index (χ0v) is 14.1. The van der Waals surface area contributed by atoms with Gasteiger partial charge in [0.15, 0.2) is 0 Å². The highest BCUT2D eigenvalue weighted by molar-refractivity contribution is 8.00. The Labute approximate surface area is 131 Å². The van der Waals surface area contributed by atoms with Gasteiger partial charge in [-0.05, 0) is 44.0 Å². The van der Waals surface area contributed by atoms with Crippen LogP contribution in [-0.2, 0) is 0 Å². The van der Waals surface area contributed by atoms with Gasteiger partial charge in [-0.25, -0.2) is 4.79 Å². The van der Waals surface area contributed by atoms with E-state index >= 15 is 0 Å². The van der Waals surface area contributed by atoms with Crippen molar-refractivity contribution < 1.29 is 9.90 Å². The molecule has 4 nitrogen and oxygen atoms in total. The molecule has 0 radical (unpaired) electrons. The highest BCUT2D eigenvalue weighted by Gasteiger charge is 2.12. The summed E-state index contributed by atoms with van der Waals surface area (Å²) in [5, 5.41) is 14.4. The van der Waals surface area contributed by atoms with E-state index in [2.05, 4.69) is 31.4 Å². The minimum absolute atomic E-state index is 0.0490. The first-order valence-corrected chi connectivity index (χ1v) is 8.09. The summed E-state index contributed by atoms with van der Waals surface area (Å²) in [5.41, 5.74) is 0.778. The lowest BCUT2D eigenvalue weighted by atomic mass is 10.2. The van der Waals surface area contributed by atoms with Crippen molar-refractivity contribution in [1.29, 1.82) is 0 Å². The highest BCUT2D eigenvalue weighted by Crippen LogP contribution is 2.32. The summed E-state index contributed by atoms with van der Waals surface area (Å²) in [7, 11) is 0. The highest BCUT2D eigenvalue weighted by atomic mass is 32.2. The molecule has 1 unspecified atom stereocenters. The van der Waals surface area contributed by atoms with E-state index in [1.165, 1.54) is 4.90 Å². The number of aliphatic hydroxyl groups excluding tert-OH is 1. The minimum atomic E-state index is -0.211. The van der Waals surface area contributed by atoms with Crippen LogP contribution in [0.3, 0.4) is 0 Å². The predicted molar refractivity (Wildman–Crippen MR) is 90.0 cm³/mol. The third kappa shape index (κ3) is 7.97. The zero-order chi connectivity index (χ0) is 15.9. The lowest BCUT2D eigenvalue weighted by molar-refractivity contribution is 0.245. The van der Waals surface area contributed by atoms with Crippen molar-refractivity contribution in [3.8, 4) is 0 Å². The second-order valence-corrected chi connectivity index (χ2v) is 8.00. The molecule has 0 saturated heterocycles. The molecule has 118 valence electrons. The maximum Gasteiger partial charge on any atom is 0.319 e. The van der Waals surface area contributed by atoms with E-state index in [1.807, 2.05) is 31.2 Å². The number of amides is 2. The summed E-state index contributed by atoms with van der Waals surface area (Å²) in [4.78, 5) is 13.0. The van der Waals surface area contributed by atoms with Crippen molar-refractivity contribution in [3.05, 3.63) is 24.3 Å². The standard InChI is InChI=1S/C16H26N2O2S/c1-12(6-5-11-19)17-15(20)18-13-7-9-14(10-8-13)21-16(2,3)4/h7-10,12,19H,5-6,11H2,1-4H3,(H2,17,18,20). The molecule has 0 aliphatic rings. The average Bonchev–Trinajstić information content (AvgIpc) is 2.37. The second-order valence-electron chi connectivity index (χ2n) is 6.10. The van der Waals surface area contributed by atoms with Gasteiger partial charge in [-0.2, -0.15) is 0 Å². The van der Waals surface area contributed by atoms with Gasteiger partial charge in [0.1, 0.15) is 0 Å². The molecule has 1 aromatic rings. The first-order valence-electron chi connectivity index (χ1n) is 7.27. The number of benzene rings is 1. The van der Waals surface area contributed by atoms with E-state index < -0.39 is 0 Å². The van der Waals surface area contributed by atoms with Gasteiger partial charge in [0.05, 0.1) is 0 Å². The number of carbonyl (C=O) groups excluding carboxylic acids is 1. The Morgan fingerprint density at radius 2 is 1.90 bits per heavy atom. The van der Waals surface area contributed by atoms with Crippen LogP contribution >= 0.6 is 11.8 Å². The number of thioether (sulfide) groups is 1. The third-order valence-electron chi connectivity index (χ3n) is 2.71. The SMILES string of the molecule is CC(CCCO)NC(=O)Nc1ccc(SC(C)(C)C)cc1. The van der Waals surface area contributed by atoms with Crippen LogP contribution in [0.25, 0.3) is 0 Å². The largest absolute Gasteiger partial charge is 0.396 e. The topological polar surface area (TPSA) is 61.4 Å². The predicted octanol–water partition coefficient (Wildman–Crippen LogP) is 3.86. The minimum Gasteiger partial charge on any atom is -0.396 e. The van der Waals surface area contributed by atoms with Crippen LogP contribution in [0.2, 0.25) is 0 Å². The Hall–Kier alpha value is -1.20. The molecule has 0 fully saturated rings. The molecule has 0 heterocycles. The van der Waals surface area contributed by atoms with Crippen molar-refractivity contribution in [2.75, 3.05) is 11.9 Å². The van der Waals surface area contributed by atoms with Gasteiger partial charge < -0.3 is 15.7 Å². The van der Waals surface area contributed by atoms with Crippen molar-refractivity contribution in [2.24, 2.45) is 0 Å². The maximum atomic E-state index is 11.8. The normalized spacial score (nSPS) is 12.8. The van der Waals surface area contributed by atoms with Gasteiger partial charge in [-0.15, -0.1) is 11.8 Å². The third-order valence-corrected chi connectivity index (χ3v) is 3.83. The lowest BCUT2D eigenvalue weighted by Crippen LogP contribution is -2.36. The number of nitrogens with one attached hydrogen (secondary N) is 2. The first-order chi connectivity index (χ1) is 9.80. The summed E-state index contributed by atoms with van der Waals surface area (Å²) in [5.74, 6) is 0. The van der Waals surface area contributed by atoms with Gasteiger partial charge in [0.25, 0.3) is 0 Å². The summed E-state index contributed by atoms with van der Waals surface area (Å²) in [6.45, 7) is 8.60. The molecule has 1 rings (SSSR count). The molecule has 5 heteroatoms. The molecule has 0 saturated carbocycles. The number of aliphatic hydroxyl groups is 1.